The largest absolute Gasteiger partial charge is 0.493 e. The molecule has 0 amide bonds. The predicted molar refractivity (Wildman–Crippen MR) is 76.6 cm³/mol. The summed E-state index contributed by atoms with van der Waals surface area (Å²) < 4.78 is 5.69. The second-order valence-electron chi connectivity index (χ2n) is 4.26. The molecule has 0 aliphatic rings. The Morgan fingerprint density at radius 1 is 1.42 bits per heavy atom. The molecule has 0 saturated heterocycles. The summed E-state index contributed by atoms with van der Waals surface area (Å²) >= 11 is 1.47. The van der Waals surface area contributed by atoms with Gasteiger partial charge in [0.1, 0.15) is 16.7 Å². The third-order valence-electron chi connectivity index (χ3n) is 2.75. The highest BCUT2D eigenvalue weighted by molar-refractivity contribution is 7.12. The molecule has 0 fully saturated rings. The Bertz CT molecular complexity index is 598. The van der Waals surface area contributed by atoms with Crippen molar-refractivity contribution in [3.05, 3.63) is 45.4 Å². The summed E-state index contributed by atoms with van der Waals surface area (Å²) in [4.78, 5) is 5.19. The van der Waals surface area contributed by atoms with Crippen LogP contribution in [0.1, 0.15) is 28.1 Å². The minimum atomic E-state index is 0.588. The molecule has 1 heterocycles. The van der Waals surface area contributed by atoms with Gasteiger partial charge < -0.3 is 4.74 Å². The maximum Gasteiger partial charge on any atom is 0.128 e. The van der Waals surface area contributed by atoms with Gasteiger partial charge in [-0.15, -0.1) is 11.3 Å². The van der Waals surface area contributed by atoms with Crippen LogP contribution in [-0.4, -0.2) is 11.6 Å². The predicted octanol–water partition coefficient (Wildman–Crippen LogP) is 3.51. The van der Waals surface area contributed by atoms with Crippen LogP contribution in [0.4, 0.5) is 0 Å². The van der Waals surface area contributed by atoms with Gasteiger partial charge in [-0.2, -0.15) is 5.26 Å². The van der Waals surface area contributed by atoms with Gasteiger partial charge in [0.25, 0.3) is 0 Å². The Morgan fingerprint density at radius 2 is 2.26 bits per heavy atom. The first-order valence-corrected chi connectivity index (χ1v) is 7.12. The van der Waals surface area contributed by atoms with E-state index in [1.165, 1.54) is 16.9 Å². The summed E-state index contributed by atoms with van der Waals surface area (Å²) in [5, 5.41) is 9.96. The van der Waals surface area contributed by atoms with Gasteiger partial charge in [-0.3, -0.25) is 0 Å². The summed E-state index contributed by atoms with van der Waals surface area (Å²) in [7, 11) is 0. The molecule has 1 aromatic heterocycles. The number of hydrogen-bond acceptors (Lipinski definition) is 4. The number of rotatable bonds is 5. The fraction of sp³-hybridized carbons (Fsp3) is 0.333. The molecule has 0 saturated carbocycles. The number of aryl methyl sites for hydroxylation is 2. The zero-order valence-corrected chi connectivity index (χ0v) is 12.0. The first-order chi connectivity index (χ1) is 9.22. The lowest BCUT2D eigenvalue weighted by atomic mass is 10.2. The van der Waals surface area contributed by atoms with Crippen LogP contribution in [0.15, 0.2) is 24.3 Å². The van der Waals surface area contributed by atoms with Gasteiger partial charge in [-0.1, -0.05) is 19.1 Å². The van der Waals surface area contributed by atoms with Crippen LogP contribution < -0.4 is 4.74 Å². The first kappa shape index (κ1) is 13.6. The molecular weight excluding hydrogens is 256 g/mol. The summed E-state index contributed by atoms with van der Waals surface area (Å²) in [6.45, 7) is 4.65. The molecule has 98 valence electrons. The molecule has 1 aromatic carbocycles. The van der Waals surface area contributed by atoms with Crippen molar-refractivity contribution in [2.45, 2.75) is 26.7 Å². The molecule has 0 bridgehead atoms. The van der Waals surface area contributed by atoms with Crippen LogP contribution in [0, 0.1) is 18.3 Å². The van der Waals surface area contributed by atoms with E-state index in [0.29, 0.717) is 6.61 Å². The average Bonchev–Trinajstić information content (AvgIpc) is 2.81. The molecule has 0 radical (unpaired) electrons. The second kappa shape index (κ2) is 6.35. The van der Waals surface area contributed by atoms with Gasteiger partial charge in [-0.25, -0.2) is 4.98 Å². The molecule has 2 rings (SSSR count). The molecule has 0 unspecified atom stereocenters. The van der Waals surface area contributed by atoms with E-state index in [2.05, 4.69) is 11.1 Å². The van der Waals surface area contributed by atoms with E-state index >= 15 is 0 Å². The van der Waals surface area contributed by atoms with Crippen LogP contribution in [-0.2, 0) is 12.8 Å². The van der Waals surface area contributed by atoms with Gasteiger partial charge in [0.05, 0.1) is 17.3 Å². The molecule has 0 atom stereocenters. The number of benzene rings is 1. The van der Waals surface area contributed by atoms with E-state index in [0.717, 1.165) is 34.2 Å². The van der Waals surface area contributed by atoms with Gasteiger partial charge in [0.2, 0.25) is 0 Å². The third kappa shape index (κ3) is 3.55. The number of aromatic nitrogens is 1. The van der Waals surface area contributed by atoms with Crippen LogP contribution >= 0.6 is 11.3 Å². The number of nitriles is 1. The standard InChI is InChI=1S/C15H16N2OS/c1-3-13-14(10-16)19-15(17-13)7-8-18-12-6-4-5-11(2)9-12/h4-6,9H,3,7-8H2,1-2H3. The van der Waals surface area contributed by atoms with Crippen LogP contribution in [0.3, 0.4) is 0 Å². The van der Waals surface area contributed by atoms with E-state index in [-0.39, 0.29) is 0 Å². The molecule has 19 heavy (non-hydrogen) atoms. The fourth-order valence-corrected chi connectivity index (χ4v) is 2.73. The van der Waals surface area contributed by atoms with Crippen molar-refractivity contribution in [3.8, 4) is 11.8 Å². The van der Waals surface area contributed by atoms with Crippen LogP contribution in [0.2, 0.25) is 0 Å². The lowest BCUT2D eigenvalue weighted by molar-refractivity contribution is 0.321. The fourth-order valence-electron chi connectivity index (χ4n) is 1.80. The normalized spacial score (nSPS) is 10.2. The van der Waals surface area contributed by atoms with E-state index in [4.69, 9.17) is 10.00 Å². The zero-order valence-electron chi connectivity index (χ0n) is 11.1. The quantitative estimate of drug-likeness (QED) is 0.836. The van der Waals surface area contributed by atoms with E-state index in [1.807, 2.05) is 38.1 Å². The maximum atomic E-state index is 8.99. The Balaban J connectivity index is 1.93. The van der Waals surface area contributed by atoms with Crippen molar-refractivity contribution in [2.24, 2.45) is 0 Å². The molecule has 2 aromatic rings. The topological polar surface area (TPSA) is 45.9 Å². The summed E-state index contributed by atoms with van der Waals surface area (Å²) in [6, 6.07) is 10.2. The summed E-state index contributed by atoms with van der Waals surface area (Å²) in [5.74, 6) is 0.882. The summed E-state index contributed by atoms with van der Waals surface area (Å²) in [6.07, 6.45) is 1.55. The average molecular weight is 272 g/mol. The van der Waals surface area contributed by atoms with Crippen LogP contribution in [0.5, 0.6) is 5.75 Å². The van der Waals surface area contributed by atoms with Crippen molar-refractivity contribution in [1.82, 2.24) is 4.98 Å². The van der Waals surface area contributed by atoms with E-state index in [9.17, 15) is 0 Å². The highest BCUT2D eigenvalue weighted by Crippen LogP contribution is 2.19. The van der Waals surface area contributed by atoms with Crippen LogP contribution in [0.25, 0.3) is 0 Å². The molecule has 4 heteroatoms. The SMILES string of the molecule is CCc1nc(CCOc2cccc(C)c2)sc1C#N. The van der Waals surface area contributed by atoms with Gasteiger partial charge >= 0.3 is 0 Å². The molecule has 3 nitrogen and oxygen atoms in total. The van der Waals surface area contributed by atoms with Crippen molar-refractivity contribution >= 4 is 11.3 Å². The lowest BCUT2D eigenvalue weighted by Crippen LogP contribution is -2.01. The Kier molecular flexibility index (Phi) is 4.53. The van der Waals surface area contributed by atoms with E-state index in [1.54, 1.807) is 0 Å². The second-order valence-corrected chi connectivity index (χ2v) is 5.35. The Hall–Kier alpha value is -1.86. The number of nitrogens with zero attached hydrogens (tertiary/aromatic N) is 2. The third-order valence-corrected chi connectivity index (χ3v) is 3.81. The van der Waals surface area contributed by atoms with Gasteiger partial charge in [-0.05, 0) is 31.0 Å². The first-order valence-electron chi connectivity index (χ1n) is 6.31. The Labute approximate surface area is 117 Å². The summed E-state index contributed by atoms with van der Waals surface area (Å²) in [5.41, 5.74) is 2.09. The van der Waals surface area contributed by atoms with Crippen molar-refractivity contribution in [3.63, 3.8) is 0 Å². The highest BCUT2D eigenvalue weighted by atomic mass is 32.1. The van der Waals surface area contributed by atoms with Crippen molar-refractivity contribution < 1.29 is 4.74 Å². The minimum absolute atomic E-state index is 0.588. The number of ether oxygens (including phenoxy) is 1. The molecule has 0 aliphatic carbocycles. The maximum absolute atomic E-state index is 8.99. The monoisotopic (exact) mass is 272 g/mol. The zero-order chi connectivity index (χ0) is 13.7. The van der Waals surface area contributed by atoms with Gasteiger partial charge in [0, 0.05) is 6.42 Å². The highest BCUT2D eigenvalue weighted by Gasteiger charge is 2.09. The number of thiazole rings is 1. The van der Waals surface area contributed by atoms with Gasteiger partial charge in [0.15, 0.2) is 0 Å². The molecular formula is C15H16N2OS. The Morgan fingerprint density at radius 3 is 2.89 bits per heavy atom. The number of hydrogen-bond donors (Lipinski definition) is 0. The molecule has 0 aliphatic heterocycles. The van der Waals surface area contributed by atoms with Crippen molar-refractivity contribution in [1.29, 1.82) is 5.26 Å². The van der Waals surface area contributed by atoms with Crippen molar-refractivity contribution in [2.75, 3.05) is 6.61 Å². The minimum Gasteiger partial charge on any atom is -0.493 e. The molecule has 0 N–H and O–H groups in total. The van der Waals surface area contributed by atoms with E-state index < -0.39 is 0 Å². The lowest BCUT2D eigenvalue weighted by Gasteiger charge is -2.05. The smallest absolute Gasteiger partial charge is 0.128 e. The molecule has 0 spiro atoms.